The monoisotopic (exact) mass is 399 g/mol. The Morgan fingerprint density at radius 2 is 1.77 bits per heavy atom. The van der Waals surface area contributed by atoms with Crippen molar-refractivity contribution in [1.82, 2.24) is 14.8 Å². The first kappa shape index (κ1) is 17.8. The number of aromatic nitrogens is 1. The van der Waals surface area contributed by atoms with Gasteiger partial charge in [-0.1, -0.05) is 48.0 Å². The van der Waals surface area contributed by atoms with Crippen LogP contribution >= 0.6 is 0 Å². The molecule has 3 heterocycles. The van der Waals surface area contributed by atoms with Crippen LogP contribution in [-0.4, -0.2) is 45.7 Å². The number of carbonyl (C=O) groups excluding carboxylic acids is 2. The summed E-state index contributed by atoms with van der Waals surface area (Å²) in [6.07, 6.45) is 2.00. The number of aromatic amines is 1. The Morgan fingerprint density at radius 3 is 2.50 bits per heavy atom. The summed E-state index contributed by atoms with van der Waals surface area (Å²) in [6, 6.07) is 17.0. The third-order valence-corrected chi connectivity index (χ3v) is 7.24. The van der Waals surface area contributed by atoms with Crippen molar-refractivity contribution in [2.75, 3.05) is 13.1 Å². The molecule has 2 amide bonds. The molecule has 3 aromatic rings. The van der Waals surface area contributed by atoms with Gasteiger partial charge in [0, 0.05) is 29.4 Å². The number of para-hydroxylation sites is 1. The van der Waals surface area contributed by atoms with Gasteiger partial charge in [-0.25, -0.2) is 0 Å². The fourth-order valence-electron chi connectivity index (χ4n) is 5.41. The number of amides is 2. The fourth-order valence-corrected chi connectivity index (χ4v) is 5.41. The van der Waals surface area contributed by atoms with Gasteiger partial charge in [0.25, 0.3) is 5.91 Å². The molecule has 2 atom stereocenters. The van der Waals surface area contributed by atoms with Crippen LogP contribution in [0.2, 0.25) is 0 Å². The molecular formula is C25H25N3O2. The number of hydrogen-bond acceptors (Lipinski definition) is 2. The lowest BCUT2D eigenvalue weighted by Gasteiger charge is -2.51. The molecule has 3 aliphatic rings. The third-order valence-electron chi connectivity index (χ3n) is 7.24. The lowest BCUT2D eigenvalue weighted by Crippen LogP contribution is -2.67. The number of piperazine rings is 1. The molecule has 2 aromatic carbocycles. The largest absolute Gasteiger partial charge is 0.356 e. The summed E-state index contributed by atoms with van der Waals surface area (Å²) in [5, 5.41) is 1.14. The van der Waals surface area contributed by atoms with Crippen molar-refractivity contribution >= 4 is 22.7 Å². The third kappa shape index (κ3) is 2.29. The number of benzene rings is 2. The van der Waals surface area contributed by atoms with Crippen molar-refractivity contribution < 1.29 is 9.59 Å². The minimum absolute atomic E-state index is 0.0362. The Hall–Kier alpha value is -3.08. The highest BCUT2D eigenvalue weighted by Gasteiger charge is 2.58. The number of nitrogens with one attached hydrogen (secondary N) is 1. The molecule has 2 aliphatic heterocycles. The minimum Gasteiger partial charge on any atom is -0.356 e. The Bertz CT molecular complexity index is 1190. The lowest BCUT2D eigenvalue weighted by atomic mass is 9.76. The average Bonchev–Trinajstić information content (AvgIpc) is 3.51. The molecule has 30 heavy (non-hydrogen) atoms. The summed E-state index contributed by atoms with van der Waals surface area (Å²) < 4.78 is 0. The van der Waals surface area contributed by atoms with E-state index in [9.17, 15) is 9.59 Å². The second-order valence-corrected chi connectivity index (χ2v) is 9.16. The van der Waals surface area contributed by atoms with E-state index in [-0.39, 0.29) is 30.3 Å². The molecule has 0 spiro atoms. The topological polar surface area (TPSA) is 56.4 Å². The summed E-state index contributed by atoms with van der Waals surface area (Å²) in [5.74, 6) is 0.138. The van der Waals surface area contributed by atoms with E-state index in [4.69, 9.17) is 0 Å². The zero-order valence-corrected chi connectivity index (χ0v) is 17.3. The SMILES string of the molecule is Cc1ccc([C@H]2CN3C(=O)CN(C4CC4)C(=O)[C@@]3(C)c3[nH]c4ccccc4c32)cc1. The Kier molecular flexibility index (Phi) is 3.53. The molecule has 152 valence electrons. The number of aryl methyl sites for hydroxylation is 1. The molecular weight excluding hydrogens is 374 g/mol. The quantitative estimate of drug-likeness (QED) is 0.715. The number of nitrogens with zero attached hydrogens (tertiary/aromatic N) is 2. The molecule has 1 aliphatic carbocycles. The first-order valence-corrected chi connectivity index (χ1v) is 10.8. The van der Waals surface area contributed by atoms with Gasteiger partial charge in [-0.2, -0.15) is 0 Å². The van der Waals surface area contributed by atoms with Gasteiger partial charge in [-0.3, -0.25) is 9.59 Å². The molecule has 5 heteroatoms. The average molecular weight is 399 g/mol. The number of hydrogen-bond donors (Lipinski definition) is 1. The molecule has 6 rings (SSSR count). The summed E-state index contributed by atoms with van der Waals surface area (Å²) in [7, 11) is 0. The van der Waals surface area contributed by atoms with Gasteiger partial charge < -0.3 is 14.8 Å². The van der Waals surface area contributed by atoms with Gasteiger partial charge in [0.2, 0.25) is 5.91 Å². The van der Waals surface area contributed by atoms with Crippen molar-refractivity contribution in [3.8, 4) is 0 Å². The standard InChI is InChI=1S/C25H25N3O2/c1-15-7-9-16(10-8-15)19-13-28-21(29)14-27(17-11-12-17)24(30)25(28,2)23-22(19)18-5-3-4-6-20(18)26-23/h3-10,17,19,26H,11-14H2,1-2H3/t19-,25-/m1/s1. The highest BCUT2D eigenvalue weighted by atomic mass is 16.2. The smallest absolute Gasteiger partial charge is 0.255 e. The molecule has 1 aromatic heterocycles. The zero-order chi connectivity index (χ0) is 20.6. The van der Waals surface area contributed by atoms with Crippen LogP contribution in [0.4, 0.5) is 0 Å². The number of carbonyl (C=O) groups is 2. The zero-order valence-electron chi connectivity index (χ0n) is 17.3. The van der Waals surface area contributed by atoms with Crippen LogP contribution in [0.5, 0.6) is 0 Å². The first-order valence-electron chi connectivity index (χ1n) is 10.8. The minimum atomic E-state index is -0.979. The molecule has 2 fully saturated rings. The van der Waals surface area contributed by atoms with Crippen LogP contribution in [-0.2, 0) is 15.1 Å². The van der Waals surface area contributed by atoms with Gasteiger partial charge in [-0.15, -0.1) is 0 Å². The maximum Gasteiger partial charge on any atom is 0.255 e. The predicted molar refractivity (Wildman–Crippen MR) is 115 cm³/mol. The normalized spacial score (nSPS) is 26.1. The van der Waals surface area contributed by atoms with E-state index in [2.05, 4.69) is 48.3 Å². The number of H-pyrrole nitrogens is 1. The van der Waals surface area contributed by atoms with Crippen LogP contribution in [0, 0.1) is 6.92 Å². The molecule has 0 unspecified atom stereocenters. The summed E-state index contributed by atoms with van der Waals surface area (Å²) in [6.45, 7) is 4.74. The van der Waals surface area contributed by atoms with E-state index >= 15 is 0 Å². The summed E-state index contributed by atoms with van der Waals surface area (Å²) in [4.78, 5) is 34.2. The van der Waals surface area contributed by atoms with Gasteiger partial charge in [0.15, 0.2) is 5.54 Å². The van der Waals surface area contributed by atoms with Gasteiger partial charge in [-0.05, 0) is 43.9 Å². The van der Waals surface area contributed by atoms with Gasteiger partial charge >= 0.3 is 0 Å². The van der Waals surface area contributed by atoms with Gasteiger partial charge in [0.05, 0.1) is 5.69 Å². The van der Waals surface area contributed by atoms with E-state index in [0.717, 1.165) is 35.0 Å². The van der Waals surface area contributed by atoms with E-state index < -0.39 is 5.54 Å². The van der Waals surface area contributed by atoms with E-state index in [1.54, 1.807) is 0 Å². The predicted octanol–water partition coefficient (Wildman–Crippen LogP) is 3.67. The van der Waals surface area contributed by atoms with Crippen molar-refractivity contribution in [3.05, 3.63) is 70.9 Å². The van der Waals surface area contributed by atoms with Crippen LogP contribution in [0.25, 0.3) is 10.9 Å². The second kappa shape index (κ2) is 5.97. The van der Waals surface area contributed by atoms with Crippen molar-refractivity contribution in [3.63, 3.8) is 0 Å². The Morgan fingerprint density at radius 1 is 1.03 bits per heavy atom. The fraction of sp³-hybridized carbons (Fsp3) is 0.360. The van der Waals surface area contributed by atoms with Crippen LogP contribution in [0.15, 0.2) is 48.5 Å². The summed E-state index contributed by atoms with van der Waals surface area (Å²) >= 11 is 0. The maximum atomic E-state index is 13.7. The van der Waals surface area contributed by atoms with Crippen LogP contribution in [0.1, 0.15) is 48.1 Å². The Balaban J connectivity index is 1.60. The first-order chi connectivity index (χ1) is 14.5. The molecule has 1 saturated heterocycles. The Labute approximate surface area is 175 Å². The highest BCUT2D eigenvalue weighted by molar-refractivity contribution is 6.01. The van der Waals surface area contributed by atoms with Crippen LogP contribution < -0.4 is 0 Å². The van der Waals surface area contributed by atoms with Gasteiger partial charge in [0.1, 0.15) is 6.54 Å². The maximum absolute atomic E-state index is 13.7. The van der Waals surface area contributed by atoms with E-state index in [0.29, 0.717) is 6.54 Å². The van der Waals surface area contributed by atoms with Crippen molar-refractivity contribution in [1.29, 1.82) is 0 Å². The van der Waals surface area contributed by atoms with Crippen molar-refractivity contribution in [2.45, 2.75) is 44.2 Å². The van der Waals surface area contributed by atoms with E-state index in [1.165, 1.54) is 11.1 Å². The molecule has 1 saturated carbocycles. The van der Waals surface area contributed by atoms with Crippen LogP contribution in [0.3, 0.4) is 0 Å². The molecule has 1 N–H and O–H groups in total. The highest BCUT2D eigenvalue weighted by Crippen LogP contribution is 2.49. The second-order valence-electron chi connectivity index (χ2n) is 9.16. The van der Waals surface area contributed by atoms with Crippen molar-refractivity contribution in [2.24, 2.45) is 0 Å². The molecule has 0 radical (unpaired) electrons. The number of fused-ring (bicyclic) bond motifs is 5. The molecule has 0 bridgehead atoms. The lowest BCUT2D eigenvalue weighted by molar-refractivity contribution is -0.166. The van der Waals surface area contributed by atoms with E-state index in [1.807, 2.05) is 28.9 Å². The molecule has 5 nitrogen and oxygen atoms in total. The number of rotatable bonds is 2. The summed E-state index contributed by atoms with van der Waals surface area (Å²) in [5.41, 5.74) is 4.47.